The molecular formula is C25H31N7O6. The number of nitrogens with one attached hydrogen (secondary N) is 2. The Morgan fingerprint density at radius 2 is 1.89 bits per heavy atom. The number of imide groups is 1. The van der Waals surface area contributed by atoms with Crippen molar-refractivity contribution in [3.05, 3.63) is 53.0 Å². The van der Waals surface area contributed by atoms with Gasteiger partial charge in [0.05, 0.1) is 5.56 Å². The van der Waals surface area contributed by atoms with E-state index in [0.717, 1.165) is 10.5 Å². The first kappa shape index (κ1) is 28.1. The summed E-state index contributed by atoms with van der Waals surface area (Å²) in [5.41, 5.74) is 8.64. The van der Waals surface area contributed by atoms with Crippen LogP contribution in [0, 0.1) is 13.8 Å². The number of amides is 3. The number of carbonyl (C=O) groups is 4. The molecule has 0 aliphatic heterocycles. The zero-order valence-electron chi connectivity index (χ0n) is 21.9. The molecule has 0 spiro atoms. The lowest BCUT2D eigenvalue weighted by atomic mass is 10.1. The third-order valence-electron chi connectivity index (χ3n) is 5.68. The predicted octanol–water partition coefficient (Wildman–Crippen LogP) is 2.29. The van der Waals surface area contributed by atoms with Gasteiger partial charge in [0, 0.05) is 30.5 Å². The van der Waals surface area contributed by atoms with E-state index >= 15 is 0 Å². The summed E-state index contributed by atoms with van der Waals surface area (Å²) in [4.78, 5) is 54.8. The maximum Gasteiger partial charge on any atom is 0.419 e. The molecular weight excluding hydrogens is 494 g/mol. The van der Waals surface area contributed by atoms with Gasteiger partial charge in [-0.25, -0.2) is 19.2 Å². The number of benzene rings is 1. The second-order valence-corrected chi connectivity index (χ2v) is 8.41. The summed E-state index contributed by atoms with van der Waals surface area (Å²) < 4.78 is 11.1. The van der Waals surface area contributed by atoms with Gasteiger partial charge in [0.25, 0.3) is 11.8 Å². The molecule has 0 radical (unpaired) electrons. The number of ether oxygens (including phenoxy) is 2. The number of aryl methyl sites for hydroxylation is 2. The van der Waals surface area contributed by atoms with Crippen LogP contribution < -0.4 is 16.4 Å². The van der Waals surface area contributed by atoms with Crippen LogP contribution in [0.1, 0.15) is 52.6 Å². The number of esters is 1. The number of rotatable bonds is 9. The molecule has 3 aromatic rings. The van der Waals surface area contributed by atoms with Crippen LogP contribution in [0.5, 0.6) is 0 Å². The van der Waals surface area contributed by atoms with Crippen molar-refractivity contribution in [2.24, 2.45) is 5.73 Å². The molecule has 0 saturated heterocycles. The van der Waals surface area contributed by atoms with Gasteiger partial charge in [-0.15, -0.1) is 0 Å². The lowest BCUT2D eigenvalue weighted by Gasteiger charge is -2.18. The van der Waals surface area contributed by atoms with E-state index in [1.165, 1.54) is 24.0 Å². The van der Waals surface area contributed by atoms with Crippen molar-refractivity contribution in [2.75, 3.05) is 25.2 Å². The molecule has 38 heavy (non-hydrogen) atoms. The van der Waals surface area contributed by atoms with E-state index in [9.17, 15) is 19.2 Å². The molecule has 3 rings (SSSR count). The molecule has 3 amide bonds. The molecule has 4 N–H and O–H groups in total. The Labute approximate surface area is 219 Å². The van der Waals surface area contributed by atoms with Crippen molar-refractivity contribution in [3.63, 3.8) is 0 Å². The molecule has 1 unspecified atom stereocenters. The summed E-state index contributed by atoms with van der Waals surface area (Å²) in [6, 6.07) is 4.39. The van der Waals surface area contributed by atoms with Gasteiger partial charge < -0.3 is 25.8 Å². The number of nitrogens with two attached hydrogens (primary N) is 1. The Morgan fingerprint density at radius 3 is 2.55 bits per heavy atom. The van der Waals surface area contributed by atoms with Gasteiger partial charge in [0.2, 0.25) is 6.79 Å². The van der Waals surface area contributed by atoms with Crippen molar-refractivity contribution in [2.45, 2.75) is 40.7 Å². The van der Waals surface area contributed by atoms with E-state index in [-0.39, 0.29) is 18.0 Å². The quantitative estimate of drug-likeness (QED) is 0.278. The third kappa shape index (κ3) is 6.06. The van der Waals surface area contributed by atoms with Gasteiger partial charge in [0.15, 0.2) is 5.82 Å². The third-order valence-corrected chi connectivity index (χ3v) is 5.68. The Bertz CT molecular complexity index is 1370. The van der Waals surface area contributed by atoms with Crippen LogP contribution in [-0.2, 0) is 14.3 Å². The number of anilines is 2. The lowest BCUT2D eigenvalue weighted by molar-refractivity contribution is -0.153. The molecule has 0 aliphatic carbocycles. The molecule has 0 bridgehead atoms. The number of hydrogen-bond donors (Lipinski definition) is 3. The fraction of sp³-hybridized carbons (Fsp3) is 0.360. The zero-order chi connectivity index (χ0) is 28.0. The highest BCUT2D eigenvalue weighted by molar-refractivity contribution is 6.05. The molecule has 2 aromatic heterocycles. The Balaban J connectivity index is 1.88. The second kappa shape index (κ2) is 12.1. The van der Waals surface area contributed by atoms with Crippen LogP contribution >= 0.6 is 0 Å². The Hall–Kier alpha value is -4.52. The maximum atomic E-state index is 13.3. The fourth-order valence-electron chi connectivity index (χ4n) is 3.60. The van der Waals surface area contributed by atoms with E-state index < -0.39 is 30.8 Å². The lowest BCUT2D eigenvalue weighted by Crippen LogP contribution is -2.38. The number of fused-ring (bicyclic) bond motifs is 1. The standard InChI is InChI=1S/C25H31N7O6/c1-6-27-22(33)17-9-8-14(3)19(10-17)30-21-20-15(4)18(11-32(20)29-12-28-21)23(34)31(7-2)25(36)38-13-37-24(35)16(5)26/h8-12,16H,6-7,13,26H2,1-5H3,(H,27,33)(H,28,29,30). The van der Waals surface area contributed by atoms with E-state index in [0.29, 0.717) is 34.7 Å². The summed E-state index contributed by atoms with van der Waals surface area (Å²) >= 11 is 0. The van der Waals surface area contributed by atoms with Crippen LogP contribution in [0.3, 0.4) is 0 Å². The summed E-state index contributed by atoms with van der Waals surface area (Å²) in [6.45, 7) is 8.31. The highest BCUT2D eigenvalue weighted by atomic mass is 16.7. The van der Waals surface area contributed by atoms with Crippen molar-refractivity contribution < 1.29 is 28.7 Å². The number of carbonyl (C=O) groups excluding carboxylic acids is 4. The first-order valence-electron chi connectivity index (χ1n) is 12.0. The topological polar surface area (TPSA) is 170 Å². The van der Waals surface area contributed by atoms with Gasteiger partial charge in [-0.05, 0) is 57.9 Å². The first-order valence-corrected chi connectivity index (χ1v) is 12.0. The van der Waals surface area contributed by atoms with Crippen LogP contribution in [0.2, 0.25) is 0 Å². The normalized spacial score (nSPS) is 11.5. The molecule has 0 aliphatic rings. The highest BCUT2D eigenvalue weighted by Gasteiger charge is 2.27. The van der Waals surface area contributed by atoms with Crippen molar-refractivity contribution in [1.82, 2.24) is 24.8 Å². The second-order valence-electron chi connectivity index (χ2n) is 8.41. The average Bonchev–Trinajstić information content (AvgIpc) is 3.22. The minimum absolute atomic E-state index is 0.00708. The number of aromatic nitrogens is 3. The monoisotopic (exact) mass is 525 g/mol. The number of hydrogen-bond acceptors (Lipinski definition) is 10. The SMILES string of the molecule is CCNC(=O)c1ccc(C)c(Nc2ncnn3cc(C(=O)N(CC)C(=O)OCOC(=O)C(C)N)c(C)c23)c1. The van der Waals surface area contributed by atoms with E-state index in [4.69, 9.17) is 15.2 Å². The van der Waals surface area contributed by atoms with Gasteiger partial charge in [-0.2, -0.15) is 5.10 Å². The van der Waals surface area contributed by atoms with Gasteiger partial charge in [-0.3, -0.25) is 14.4 Å². The van der Waals surface area contributed by atoms with Crippen LogP contribution in [-0.4, -0.2) is 69.3 Å². The fourth-order valence-corrected chi connectivity index (χ4v) is 3.60. The summed E-state index contributed by atoms with van der Waals surface area (Å²) in [7, 11) is 0. The Morgan fingerprint density at radius 1 is 1.16 bits per heavy atom. The Kier molecular flexibility index (Phi) is 8.97. The molecule has 2 heterocycles. The molecule has 13 nitrogen and oxygen atoms in total. The van der Waals surface area contributed by atoms with Crippen LogP contribution in [0.4, 0.5) is 16.3 Å². The average molecular weight is 526 g/mol. The summed E-state index contributed by atoms with van der Waals surface area (Å²) in [5.74, 6) is -1.17. The maximum absolute atomic E-state index is 13.3. The molecule has 13 heteroatoms. The van der Waals surface area contributed by atoms with Gasteiger partial charge in [-0.1, -0.05) is 6.07 Å². The van der Waals surface area contributed by atoms with E-state index in [2.05, 4.69) is 20.7 Å². The van der Waals surface area contributed by atoms with Crippen LogP contribution in [0.15, 0.2) is 30.7 Å². The molecule has 0 fully saturated rings. The molecule has 1 aromatic carbocycles. The van der Waals surface area contributed by atoms with E-state index in [1.807, 2.05) is 19.9 Å². The highest BCUT2D eigenvalue weighted by Crippen LogP contribution is 2.28. The molecule has 202 valence electrons. The van der Waals surface area contributed by atoms with Crippen LogP contribution in [0.25, 0.3) is 5.52 Å². The first-order chi connectivity index (χ1) is 18.1. The minimum Gasteiger partial charge on any atom is -0.427 e. The smallest absolute Gasteiger partial charge is 0.419 e. The zero-order valence-corrected chi connectivity index (χ0v) is 21.9. The largest absolute Gasteiger partial charge is 0.427 e. The van der Waals surface area contributed by atoms with Crippen molar-refractivity contribution in [1.29, 1.82) is 0 Å². The van der Waals surface area contributed by atoms with Crippen molar-refractivity contribution >= 4 is 40.9 Å². The summed E-state index contributed by atoms with van der Waals surface area (Å²) in [5, 5.41) is 10.2. The summed E-state index contributed by atoms with van der Waals surface area (Å²) in [6.07, 6.45) is 1.83. The van der Waals surface area contributed by atoms with Gasteiger partial charge >= 0.3 is 12.1 Å². The number of nitrogens with zero attached hydrogens (tertiary/aromatic N) is 4. The predicted molar refractivity (Wildman–Crippen MR) is 138 cm³/mol. The van der Waals surface area contributed by atoms with Gasteiger partial charge in [0.1, 0.15) is 17.9 Å². The molecule has 0 saturated carbocycles. The van der Waals surface area contributed by atoms with E-state index in [1.54, 1.807) is 26.0 Å². The minimum atomic E-state index is -0.980. The molecule has 1 atom stereocenters. The van der Waals surface area contributed by atoms with Crippen molar-refractivity contribution in [3.8, 4) is 0 Å².